The number of hydrogen-bond donors (Lipinski definition) is 1. The molecule has 1 heterocycles. The van der Waals surface area contributed by atoms with E-state index < -0.39 is 6.04 Å². The molecule has 2 aromatic rings. The van der Waals surface area contributed by atoms with Crippen molar-refractivity contribution in [3.05, 3.63) is 69.9 Å². The van der Waals surface area contributed by atoms with Crippen molar-refractivity contribution in [1.82, 2.24) is 10.2 Å². The first kappa shape index (κ1) is 18.9. The Hall–Kier alpha value is -1.86. The van der Waals surface area contributed by atoms with Gasteiger partial charge in [-0.2, -0.15) is 0 Å². The predicted molar refractivity (Wildman–Crippen MR) is 105 cm³/mol. The number of nitrogens with one attached hydrogen (secondary N) is 1. The van der Waals surface area contributed by atoms with E-state index in [-0.39, 0.29) is 23.4 Å². The van der Waals surface area contributed by atoms with Crippen LogP contribution in [0.4, 0.5) is 9.18 Å². The molecule has 0 aromatic heterocycles. The van der Waals surface area contributed by atoms with Gasteiger partial charge in [0.1, 0.15) is 5.82 Å². The molecule has 0 saturated carbocycles. The van der Waals surface area contributed by atoms with Crippen molar-refractivity contribution in [3.8, 4) is 0 Å². The van der Waals surface area contributed by atoms with Gasteiger partial charge in [0.15, 0.2) is 0 Å². The number of hydrogen-bond acceptors (Lipinski definition) is 3. The SMILES string of the molecule is O=C(CCN1CCSC1=O)NC(c1ccccc1)c1ccc(Br)cc1F. The number of thioether (sulfide) groups is 1. The predicted octanol–water partition coefficient (Wildman–Crippen LogP) is 4.35. The summed E-state index contributed by atoms with van der Waals surface area (Å²) in [6.45, 7) is 1.04. The fourth-order valence-corrected chi connectivity index (χ4v) is 4.00. The molecule has 1 unspecified atom stereocenters. The fourth-order valence-electron chi connectivity index (χ4n) is 2.82. The number of carbonyl (C=O) groups excluding carboxylic acids is 2. The Morgan fingerprint density at radius 2 is 2.04 bits per heavy atom. The van der Waals surface area contributed by atoms with Gasteiger partial charge in [-0.05, 0) is 17.7 Å². The van der Waals surface area contributed by atoms with Crippen molar-refractivity contribution in [2.24, 2.45) is 0 Å². The third-order valence-corrected chi connectivity index (χ3v) is 5.55. The number of amides is 2. The Morgan fingerprint density at radius 3 is 2.69 bits per heavy atom. The second-order valence-electron chi connectivity index (χ2n) is 5.93. The van der Waals surface area contributed by atoms with Gasteiger partial charge in [0.2, 0.25) is 5.91 Å². The number of rotatable bonds is 6. The molecule has 7 heteroatoms. The van der Waals surface area contributed by atoms with Crippen molar-refractivity contribution < 1.29 is 14.0 Å². The zero-order valence-electron chi connectivity index (χ0n) is 14.0. The number of benzene rings is 2. The topological polar surface area (TPSA) is 49.4 Å². The average molecular weight is 437 g/mol. The first-order valence-electron chi connectivity index (χ1n) is 8.25. The first-order chi connectivity index (χ1) is 12.5. The van der Waals surface area contributed by atoms with Crippen LogP contribution in [0.1, 0.15) is 23.6 Å². The molecule has 2 aromatic carbocycles. The number of nitrogens with zero attached hydrogens (tertiary/aromatic N) is 1. The first-order valence-corrected chi connectivity index (χ1v) is 10.0. The summed E-state index contributed by atoms with van der Waals surface area (Å²) in [5.41, 5.74) is 1.20. The van der Waals surface area contributed by atoms with E-state index in [0.29, 0.717) is 23.1 Å². The van der Waals surface area contributed by atoms with Crippen molar-refractivity contribution in [1.29, 1.82) is 0 Å². The molecule has 4 nitrogen and oxygen atoms in total. The summed E-state index contributed by atoms with van der Waals surface area (Å²) in [4.78, 5) is 25.8. The lowest BCUT2D eigenvalue weighted by Gasteiger charge is -2.21. The van der Waals surface area contributed by atoms with Gasteiger partial charge in [0.05, 0.1) is 6.04 Å². The van der Waals surface area contributed by atoms with E-state index in [0.717, 1.165) is 11.3 Å². The summed E-state index contributed by atoms with van der Waals surface area (Å²) < 4.78 is 15.1. The molecule has 26 heavy (non-hydrogen) atoms. The van der Waals surface area contributed by atoms with Crippen LogP contribution in [0.3, 0.4) is 0 Å². The second kappa shape index (κ2) is 8.68. The van der Waals surface area contributed by atoms with Gasteiger partial charge < -0.3 is 10.2 Å². The van der Waals surface area contributed by atoms with Crippen LogP contribution >= 0.6 is 27.7 Å². The summed E-state index contributed by atoms with van der Waals surface area (Å²) in [5.74, 6) is 0.155. The molecule has 0 aliphatic carbocycles. The quantitative estimate of drug-likeness (QED) is 0.731. The Bertz CT molecular complexity index is 803. The highest BCUT2D eigenvalue weighted by molar-refractivity contribution is 9.10. The van der Waals surface area contributed by atoms with Crippen molar-refractivity contribution in [3.63, 3.8) is 0 Å². The van der Waals surface area contributed by atoms with Crippen molar-refractivity contribution in [2.75, 3.05) is 18.8 Å². The summed E-state index contributed by atoms with van der Waals surface area (Å²) in [7, 11) is 0. The molecular formula is C19H18BrFN2O2S. The maximum absolute atomic E-state index is 14.5. The zero-order chi connectivity index (χ0) is 18.5. The zero-order valence-corrected chi connectivity index (χ0v) is 16.4. The van der Waals surface area contributed by atoms with Gasteiger partial charge in [-0.15, -0.1) is 0 Å². The Kier molecular flexibility index (Phi) is 6.32. The van der Waals surface area contributed by atoms with Crippen LogP contribution in [-0.4, -0.2) is 34.9 Å². The summed E-state index contributed by atoms with van der Waals surface area (Å²) in [6.07, 6.45) is 0.188. The molecule has 1 fully saturated rings. The highest BCUT2D eigenvalue weighted by Crippen LogP contribution is 2.27. The van der Waals surface area contributed by atoms with Gasteiger partial charge in [-0.1, -0.05) is 64.1 Å². The lowest BCUT2D eigenvalue weighted by atomic mass is 9.98. The van der Waals surface area contributed by atoms with E-state index in [1.165, 1.54) is 17.8 Å². The summed E-state index contributed by atoms with van der Waals surface area (Å²) in [5, 5.41) is 2.92. The molecule has 1 N–H and O–H groups in total. The normalized spacial score (nSPS) is 15.2. The van der Waals surface area contributed by atoms with E-state index >= 15 is 0 Å². The molecular weight excluding hydrogens is 419 g/mol. The largest absolute Gasteiger partial charge is 0.345 e. The van der Waals surface area contributed by atoms with Gasteiger partial charge in [0, 0.05) is 35.3 Å². The molecule has 0 spiro atoms. The molecule has 1 saturated heterocycles. The lowest BCUT2D eigenvalue weighted by Crippen LogP contribution is -2.34. The van der Waals surface area contributed by atoms with Crippen LogP contribution in [0.25, 0.3) is 0 Å². The van der Waals surface area contributed by atoms with Crippen LogP contribution in [0.15, 0.2) is 53.0 Å². The third kappa shape index (κ3) is 4.65. The second-order valence-corrected chi connectivity index (χ2v) is 7.89. The fraction of sp³-hybridized carbons (Fsp3) is 0.263. The highest BCUT2D eigenvalue weighted by atomic mass is 79.9. The highest BCUT2D eigenvalue weighted by Gasteiger charge is 2.23. The smallest absolute Gasteiger partial charge is 0.281 e. The van der Waals surface area contributed by atoms with Crippen LogP contribution < -0.4 is 5.32 Å². The Labute approximate surface area is 164 Å². The Morgan fingerprint density at radius 1 is 1.27 bits per heavy atom. The van der Waals surface area contributed by atoms with Gasteiger partial charge in [-0.25, -0.2) is 4.39 Å². The van der Waals surface area contributed by atoms with Crippen molar-refractivity contribution in [2.45, 2.75) is 12.5 Å². The van der Waals surface area contributed by atoms with E-state index in [1.54, 1.807) is 17.0 Å². The summed E-state index contributed by atoms with van der Waals surface area (Å²) in [6, 6.07) is 13.5. The molecule has 0 radical (unpaired) electrons. The molecule has 1 aliphatic heterocycles. The molecule has 2 amide bonds. The van der Waals surface area contributed by atoms with Crippen LogP contribution in [0.5, 0.6) is 0 Å². The van der Waals surface area contributed by atoms with Crippen LogP contribution in [0.2, 0.25) is 0 Å². The van der Waals surface area contributed by atoms with Crippen LogP contribution in [0, 0.1) is 5.82 Å². The number of halogens is 2. The molecule has 1 aliphatic rings. The standard InChI is InChI=1S/C19H18BrFN2O2S/c20-14-6-7-15(16(21)12-14)18(13-4-2-1-3-5-13)22-17(24)8-9-23-10-11-26-19(23)25/h1-7,12,18H,8-11H2,(H,22,24). The average Bonchev–Trinajstić information content (AvgIpc) is 3.04. The van der Waals surface area contributed by atoms with Gasteiger partial charge in [0.25, 0.3) is 5.24 Å². The van der Waals surface area contributed by atoms with Crippen molar-refractivity contribution >= 4 is 38.8 Å². The molecule has 3 rings (SSSR count). The van der Waals surface area contributed by atoms with Gasteiger partial charge >= 0.3 is 0 Å². The van der Waals surface area contributed by atoms with Gasteiger partial charge in [-0.3, -0.25) is 9.59 Å². The summed E-state index contributed by atoms with van der Waals surface area (Å²) >= 11 is 4.52. The molecule has 0 bridgehead atoms. The minimum atomic E-state index is -0.583. The van der Waals surface area contributed by atoms with E-state index in [9.17, 15) is 14.0 Å². The maximum Gasteiger partial charge on any atom is 0.281 e. The molecule has 136 valence electrons. The lowest BCUT2D eigenvalue weighted by molar-refractivity contribution is -0.121. The monoisotopic (exact) mass is 436 g/mol. The minimum Gasteiger partial charge on any atom is -0.345 e. The minimum absolute atomic E-state index is 0.0105. The van der Waals surface area contributed by atoms with E-state index in [4.69, 9.17) is 0 Å². The third-order valence-electron chi connectivity index (χ3n) is 4.17. The number of carbonyl (C=O) groups is 2. The van der Waals surface area contributed by atoms with Crippen LogP contribution in [-0.2, 0) is 4.79 Å². The van der Waals surface area contributed by atoms with E-state index in [2.05, 4.69) is 21.2 Å². The molecule has 1 atom stereocenters. The maximum atomic E-state index is 14.5. The Balaban J connectivity index is 1.75. The van der Waals surface area contributed by atoms with E-state index in [1.807, 2.05) is 30.3 Å².